The third-order valence-electron chi connectivity index (χ3n) is 4.86. The number of carbonyl (C=O) groups excluding carboxylic acids is 1. The van der Waals surface area contributed by atoms with Gasteiger partial charge < -0.3 is 19.7 Å². The van der Waals surface area contributed by atoms with Crippen LogP contribution in [0, 0.1) is 5.92 Å². The maximum absolute atomic E-state index is 12.5. The van der Waals surface area contributed by atoms with Crippen LogP contribution in [0.3, 0.4) is 0 Å². The lowest BCUT2D eigenvalue weighted by atomic mass is 9.99. The molecule has 1 aliphatic heterocycles. The highest BCUT2D eigenvalue weighted by atomic mass is 32.2. The quantitative estimate of drug-likeness (QED) is 0.655. The zero-order chi connectivity index (χ0) is 19.8. The first kappa shape index (κ1) is 20.4. The number of methoxy groups -OCH3 is 1. The number of ether oxygens (including phenoxy) is 2. The molecule has 1 heterocycles. The van der Waals surface area contributed by atoms with E-state index in [1.807, 2.05) is 60.0 Å². The second-order valence-electron chi connectivity index (χ2n) is 6.80. The van der Waals surface area contributed by atoms with Gasteiger partial charge >= 0.3 is 6.03 Å². The highest BCUT2D eigenvalue weighted by molar-refractivity contribution is 7.99. The summed E-state index contributed by atoms with van der Waals surface area (Å²) in [6.45, 7) is 4.19. The van der Waals surface area contributed by atoms with Crippen LogP contribution in [0.1, 0.15) is 19.8 Å². The van der Waals surface area contributed by atoms with Crippen LogP contribution in [0.5, 0.6) is 11.5 Å². The van der Waals surface area contributed by atoms with Crippen molar-refractivity contribution in [1.29, 1.82) is 0 Å². The van der Waals surface area contributed by atoms with E-state index in [1.165, 1.54) is 4.90 Å². The number of nitrogens with zero attached hydrogens (tertiary/aromatic N) is 1. The van der Waals surface area contributed by atoms with E-state index in [-0.39, 0.29) is 6.03 Å². The fraction of sp³-hybridized carbons (Fsp3) is 0.409. The summed E-state index contributed by atoms with van der Waals surface area (Å²) in [6.07, 6.45) is 2.08. The van der Waals surface area contributed by atoms with E-state index in [2.05, 4.69) is 17.4 Å². The number of nitrogens with one attached hydrogen (secondary N) is 1. The van der Waals surface area contributed by atoms with Crippen molar-refractivity contribution in [1.82, 2.24) is 4.90 Å². The molecule has 0 unspecified atom stereocenters. The van der Waals surface area contributed by atoms with Gasteiger partial charge in [-0.2, -0.15) is 0 Å². The van der Waals surface area contributed by atoms with E-state index >= 15 is 0 Å². The predicted molar refractivity (Wildman–Crippen MR) is 115 cm³/mol. The van der Waals surface area contributed by atoms with Crippen LogP contribution in [-0.4, -0.2) is 43.5 Å². The van der Waals surface area contributed by atoms with Crippen molar-refractivity contribution >= 4 is 23.5 Å². The molecule has 5 nitrogen and oxygen atoms in total. The molecule has 2 aromatic rings. The van der Waals surface area contributed by atoms with E-state index in [0.29, 0.717) is 12.5 Å². The van der Waals surface area contributed by atoms with Gasteiger partial charge in [0.1, 0.15) is 11.5 Å². The summed E-state index contributed by atoms with van der Waals surface area (Å²) in [5, 5.41) is 2.98. The number of piperidine rings is 1. The van der Waals surface area contributed by atoms with Crippen molar-refractivity contribution in [3.05, 3.63) is 48.5 Å². The number of amides is 2. The van der Waals surface area contributed by atoms with Crippen molar-refractivity contribution in [3.8, 4) is 11.5 Å². The topological polar surface area (TPSA) is 50.8 Å². The van der Waals surface area contributed by atoms with Crippen molar-refractivity contribution in [2.45, 2.75) is 24.7 Å². The summed E-state index contributed by atoms with van der Waals surface area (Å²) in [7, 11) is 1.68. The Morgan fingerprint density at radius 2 is 1.71 bits per heavy atom. The maximum Gasteiger partial charge on any atom is 0.321 e. The molecule has 1 aliphatic rings. The van der Waals surface area contributed by atoms with E-state index in [0.717, 1.165) is 48.9 Å². The fourth-order valence-electron chi connectivity index (χ4n) is 3.19. The van der Waals surface area contributed by atoms with Crippen LogP contribution in [0.25, 0.3) is 0 Å². The zero-order valence-corrected chi connectivity index (χ0v) is 17.3. The molecule has 1 saturated heterocycles. The monoisotopic (exact) mass is 400 g/mol. The van der Waals surface area contributed by atoms with Crippen LogP contribution in [-0.2, 0) is 0 Å². The molecule has 2 aromatic carbocycles. The molecule has 150 valence electrons. The van der Waals surface area contributed by atoms with Gasteiger partial charge in [0.2, 0.25) is 0 Å². The normalized spacial score (nSPS) is 14.6. The Morgan fingerprint density at radius 3 is 2.32 bits per heavy atom. The largest absolute Gasteiger partial charge is 0.497 e. The molecule has 0 aromatic heterocycles. The molecule has 3 rings (SSSR count). The van der Waals surface area contributed by atoms with Crippen LogP contribution in [0.2, 0.25) is 0 Å². The second kappa shape index (κ2) is 10.3. The molecule has 2 amide bonds. The first-order valence-electron chi connectivity index (χ1n) is 9.73. The van der Waals surface area contributed by atoms with Crippen LogP contribution in [0.4, 0.5) is 10.5 Å². The van der Waals surface area contributed by atoms with Gasteiger partial charge in [-0.1, -0.05) is 0 Å². The summed E-state index contributed by atoms with van der Waals surface area (Å²) >= 11 is 1.88. The Labute approximate surface area is 171 Å². The third-order valence-corrected chi connectivity index (χ3v) is 6.11. The molecule has 0 bridgehead atoms. The Bertz CT molecular complexity index is 741. The Hall–Kier alpha value is -2.34. The van der Waals surface area contributed by atoms with Crippen molar-refractivity contribution in [2.24, 2.45) is 5.92 Å². The predicted octanol–water partition coefficient (Wildman–Crippen LogP) is 5.13. The lowest BCUT2D eigenvalue weighted by Gasteiger charge is -2.32. The smallest absolute Gasteiger partial charge is 0.321 e. The number of rotatable bonds is 7. The molecule has 0 spiro atoms. The number of benzene rings is 2. The number of anilines is 1. The average Bonchev–Trinajstić information content (AvgIpc) is 2.74. The minimum atomic E-state index is -0.0228. The van der Waals surface area contributed by atoms with E-state index in [4.69, 9.17) is 9.47 Å². The van der Waals surface area contributed by atoms with Crippen molar-refractivity contribution in [2.75, 3.05) is 37.9 Å². The third kappa shape index (κ3) is 5.83. The van der Waals surface area contributed by atoms with Crippen molar-refractivity contribution in [3.63, 3.8) is 0 Å². The Balaban J connectivity index is 1.40. The minimum Gasteiger partial charge on any atom is -0.497 e. The molecular formula is C22H28N2O3S. The first-order valence-corrected chi connectivity index (χ1v) is 10.7. The molecule has 0 saturated carbocycles. The zero-order valence-electron chi connectivity index (χ0n) is 16.5. The average molecular weight is 401 g/mol. The lowest BCUT2D eigenvalue weighted by Crippen LogP contribution is -2.41. The highest BCUT2D eigenvalue weighted by Gasteiger charge is 2.23. The number of carbonyl (C=O) groups is 1. The number of hydrogen-bond donors (Lipinski definition) is 1. The lowest BCUT2D eigenvalue weighted by molar-refractivity contribution is 0.187. The van der Waals surface area contributed by atoms with Crippen LogP contribution in [0.15, 0.2) is 53.4 Å². The highest BCUT2D eigenvalue weighted by Crippen LogP contribution is 2.28. The van der Waals surface area contributed by atoms with Gasteiger partial charge in [0.15, 0.2) is 0 Å². The summed E-state index contributed by atoms with van der Waals surface area (Å²) in [5.74, 6) is 3.43. The standard InChI is InChI=1S/C22H28N2O3S/c1-3-27-20-6-4-18(5-7-20)23-22(25)24-14-12-17(13-15-24)16-28-21-10-8-19(26-2)9-11-21/h4-11,17H,3,12-16H2,1-2H3,(H,23,25). The van der Waals surface area contributed by atoms with Crippen molar-refractivity contribution < 1.29 is 14.3 Å². The van der Waals surface area contributed by atoms with E-state index < -0.39 is 0 Å². The van der Waals surface area contributed by atoms with E-state index in [1.54, 1.807) is 7.11 Å². The molecule has 6 heteroatoms. The summed E-state index contributed by atoms with van der Waals surface area (Å²) in [5.41, 5.74) is 0.797. The minimum absolute atomic E-state index is 0.0228. The summed E-state index contributed by atoms with van der Waals surface area (Å²) in [4.78, 5) is 15.7. The molecule has 28 heavy (non-hydrogen) atoms. The van der Waals surface area contributed by atoms with Gasteiger partial charge in [0.05, 0.1) is 13.7 Å². The maximum atomic E-state index is 12.5. The number of thioether (sulfide) groups is 1. The van der Waals surface area contributed by atoms with Gasteiger partial charge in [0, 0.05) is 29.4 Å². The molecule has 1 N–H and O–H groups in total. The molecule has 1 fully saturated rings. The molecule has 0 atom stereocenters. The fourth-order valence-corrected chi connectivity index (χ4v) is 4.28. The summed E-state index contributed by atoms with van der Waals surface area (Å²) < 4.78 is 10.6. The second-order valence-corrected chi connectivity index (χ2v) is 7.90. The molecular weight excluding hydrogens is 372 g/mol. The van der Waals surface area contributed by atoms with E-state index in [9.17, 15) is 4.79 Å². The number of likely N-dealkylation sites (tertiary alicyclic amines) is 1. The van der Waals surface area contributed by atoms with Gasteiger partial charge in [0.25, 0.3) is 0 Å². The Morgan fingerprint density at radius 1 is 1.07 bits per heavy atom. The van der Waals surface area contributed by atoms with Gasteiger partial charge in [-0.25, -0.2) is 4.79 Å². The van der Waals surface area contributed by atoms with Gasteiger partial charge in [-0.05, 0) is 74.2 Å². The molecule has 0 radical (unpaired) electrons. The van der Waals surface area contributed by atoms with Crippen LogP contribution < -0.4 is 14.8 Å². The SMILES string of the molecule is CCOc1ccc(NC(=O)N2CCC(CSc3ccc(OC)cc3)CC2)cc1. The number of urea groups is 1. The summed E-state index contributed by atoms with van der Waals surface area (Å²) in [6, 6.07) is 15.7. The van der Waals surface area contributed by atoms with Gasteiger partial charge in [-0.15, -0.1) is 11.8 Å². The number of hydrogen-bond acceptors (Lipinski definition) is 4. The van der Waals surface area contributed by atoms with Crippen LogP contribution >= 0.6 is 11.8 Å². The van der Waals surface area contributed by atoms with Gasteiger partial charge in [-0.3, -0.25) is 0 Å². The Kier molecular flexibility index (Phi) is 7.48. The first-order chi connectivity index (χ1) is 13.7. The molecule has 0 aliphatic carbocycles.